The number of rotatable bonds is 8. The van der Waals surface area contributed by atoms with Gasteiger partial charge in [-0.1, -0.05) is 23.9 Å². The normalized spacial score (nSPS) is 10.7. The third kappa shape index (κ3) is 4.99. The summed E-state index contributed by atoms with van der Waals surface area (Å²) in [5.74, 6) is 1.21. The Morgan fingerprint density at radius 1 is 1.33 bits per heavy atom. The summed E-state index contributed by atoms with van der Waals surface area (Å²) in [5, 5.41) is 11.8. The van der Waals surface area contributed by atoms with Crippen molar-refractivity contribution in [1.29, 1.82) is 0 Å². The van der Waals surface area contributed by atoms with Crippen LogP contribution in [0.4, 0.5) is 5.69 Å². The molecule has 7 heteroatoms. The Labute approximate surface area is 147 Å². The van der Waals surface area contributed by atoms with Crippen LogP contribution in [0.1, 0.15) is 18.3 Å². The molecular formula is C17H25N5OS. The molecule has 130 valence electrons. The fourth-order valence-electron chi connectivity index (χ4n) is 2.32. The van der Waals surface area contributed by atoms with Crippen molar-refractivity contribution in [2.24, 2.45) is 7.05 Å². The molecule has 1 N–H and O–H groups in total. The number of carbonyl (C=O) groups is 1. The van der Waals surface area contributed by atoms with Crippen LogP contribution >= 0.6 is 11.8 Å². The lowest BCUT2D eigenvalue weighted by atomic mass is 10.2. The standard InChI is InChI=1S/C17H25N5OS/c1-5-22(15-8-6-7-13(2)11-15)10-9-18-16(23)12-24-17-20-19-14(3)21(17)4/h6-8,11H,5,9-10,12H2,1-4H3,(H,18,23). The Kier molecular flexibility index (Phi) is 6.66. The van der Waals surface area contributed by atoms with E-state index in [4.69, 9.17) is 0 Å². The number of thioether (sulfide) groups is 1. The molecule has 2 rings (SSSR count). The predicted molar refractivity (Wildman–Crippen MR) is 98.5 cm³/mol. The zero-order valence-corrected chi connectivity index (χ0v) is 15.6. The highest BCUT2D eigenvalue weighted by molar-refractivity contribution is 7.99. The summed E-state index contributed by atoms with van der Waals surface area (Å²) >= 11 is 1.40. The first-order valence-electron chi connectivity index (χ1n) is 8.08. The van der Waals surface area contributed by atoms with Crippen molar-refractivity contribution in [2.75, 3.05) is 30.3 Å². The minimum atomic E-state index is 0.0148. The van der Waals surface area contributed by atoms with Crippen LogP contribution < -0.4 is 10.2 Å². The van der Waals surface area contributed by atoms with Crippen molar-refractivity contribution in [3.8, 4) is 0 Å². The second-order valence-corrected chi connectivity index (χ2v) is 6.59. The van der Waals surface area contributed by atoms with Crippen molar-refractivity contribution < 1.29 is 4.79 Å². The molecule has 6 nitrogen and oxygen atoms in total. The van der Waals surface area contributed by atoms with E-state index >= 15 is 0 Å². The highest BCUT2D eigenvalue weighted by atomic mass is 32.2. The quantitative estimate of drug-likeness (QED) is 0.742. The number of aromatic nitrogens is 3. The van der Waals surface area contributed by atoms with Crippen LogP contribution in [0.15, 0.2) is 29.4 Å². The van der Waals surface area contributed by atoms with Gasteiger partial charge in [-0.05, 0) is 38.5 Å². The Morgan fingerprint density at radius 2 is 2.12 bits per heavy atom. The van der Waals surface area contributed by atoms with E-state index in [1.165, 1.54) is 23.0 Å². The molecule has 1 amide bonds. The zero-order valence-electron chi connectivity index (χ0n) is 14.7. The summed E-state index contributed by atoms with van der Waals surface area (Å²) < 4.78 is 1.88. The Bertz CT molecular complexity index is 685. The van der Waals surface area contributed by atoms with Gasteiger partial charge >= 0.3 is 0 Å². The average Bonchev–Trinajstić information content (AvgIpc) is 2.88. The van der Waals surface area contributed by atoms with Gasteiger partial charge in [-0.15, -0.1) is 10.2 Å². The molecule has 0 saturated carbocycles. The van der Waals surface area contributed by atoms with E-state index in [1.807, 2.05) is 18.5 Å². The van der Waals surface area contributed by atoms with E-state index in [2.05, 4.69) is 58.5 Å². The molecule has 1 heterocycles. The van der Waals surface area contributed by atoms with Gasteiger partial charge in [0.25, 0.3) is 0 Å². The second kappa shape index (κ2) is 8.73. The number of hydrogen-bond donors (Lipinski definition) is 1. The molecule has 0 aliphatic rings. The van der Waals surface area contributed by atoms with Gasteiger partial charge in [0, 0.05) is 32.4 Å². The summed E-state index contributed by atoms with van der Waals surface area (Å²) in [7, 11) is 1.90. The molecule has 2 aromatic rings. The third-order valence-electron chi connectivity index (χ3n) is 3.84. The first kappa shape index (κ1) is 18.3. The maximum absolute atomic E-state index is 12.0. The molecule has 1 aromatic carbocycles. The minimum absolute atomic E-state index is 0.0148. The molecule has 0 spiro atoms. The average molecular weight is 347 g/mol. The molecule has 0 bridgehead atoms. The van der Waals surface area contributed by atoms with E-state index in [0.717, 1.165) is 24.1 Å². The van der Waals surface area contributed by atoms with Gasteiger partial charge in [0.15, 0.2) is 5.16 Å². The molecule has 0 atom stereocenters. The molecule has 0 aliphatic carbocycles. The van der Waals surface area contributed by atoms with Crippen LogP contribution in [0.5, 0.6) is 0 Å². The van der Waals surface area contributed by atoms with Crippen LogP contribution in [-0.4, -0.2) is 46.1 Å². The van der Waals surface area contributed by atoms with Crippen molar-refractivity contribution in [2.45, 2.75) is 25.9 Å². The zero-order chi connectivity index (χ0) is 17.5. The molecule has 0 unspecified atom stereocenters. The van der Waals surface area contributed by atoms with E-state index in [-0.39, 0.29) is 5.91 Å². The van der Waals surface area contributed by atoms with Crippen LogP contribution in [0.3, 0.4) is 0 Å². The van der Waals surface area contributed by atoms with Crippen molar-refractivity contribution in [3.05, 3.63) is 35.7 Å². The fourth-order valence-corrected chi connectivity index (χ4v) is 3.11. The van der Waals surface area contributed by atoms with Gasteiger partial charge < -0.3 is 14.8 Å². The predicted octanol–water partition coefficient (Wildman–Crippen LogP) is 2.17. The SMILES string of the molecule is CCN(CCNC(=O)CSc1nnc(C)n1C)c1cccc(C)c1. The van der Waals surface area contributed by atoms with Crippen LogP contribution in [-0.2, 0) is 11.8 Å². The van der Waals surface area contributed by atoms with Gasteiger partial charge in [-0.25, -0.2) is 0 Å². The Morgan fingerprint density at radius 3 is 2.75 bits per heavy atom. The van der Waals surface area contributed by atoms with Gasteiger partial charge in [0.1, 0.15) is 5.82 Å². The molecule has 1 aromatic heterocycles. The summed E-state index contributed by atoms with van der Waals surface area (Å²) in [5.41, 5.74) is 2.43. The monoisotopic (exact) mass is 347 g/mol. The maximum Gasteiger partial charge on any atom is 0.230 e. The number of amides is 1. The van der Waals surface area contributed by atoms with Crippen molar-refractivity contribution in [1.82, 2.24) is 20.1 Å². The Balaban J connectivity index is 1.76. The fraction of sp³-hybridized carbons (Fsp3) is 0.471. The number of benzene rings is 1. The lowest BCUT2D eigenvalue weighted by Gasteiger charge is -2.23. The lowest BCUT2D eigenvalue weighted by Crippen LogP contribution is -2.35. The number of aryl methyl sites for hydroxylation is 2. The smallest absolute Gasteiger partial charge is 0.230 e. The number of hydrogen-bond acceptors (Lipinski definition) is 5. The van der Waals surface area contributed by atoms with E-state index in [1.54, 1.807) is 0 Å². The summed E-state index contributed by atoms with van der Waals surface area (Å²) in [6.07, 6.45) is 0. The number of anilines is 1. The number of carbonyl (C=O) groups excluding carboxylic acids is 1. The lowest BCUT2D eigenvalue weighted by molar-refractivity contribution is -0.118. The van der Waals surface area contributed by atoms with Gasteiger partial charge in [0.05, 0.1) is 5.75 Å². The van der Waals surface area contributed by atoms with Crippen LogP contribution in [0.25, 0.3) is 0 Å². The molecule has 24 heavy (non-hydrogen) atoms. The van der Waals surface area contributed by atoms with E-state index < -0.39 is 0 Å². The molecule has 0 aliphatic heterocycles. The first-order chi connectivity index (χ1) is 11.5. The highest BCUT2D eigenvalue weighted by Gasteiger charge is 2.09. The largest absolute Gasteiger partial charge is 0.370 e. The van der Waals surface area contributed by atoms with E-state index in [0.29, 0.717) is 12.3 Å². The topological polar surface area (TPSA) is 63.1 Å². The molecular weight excluding hydrogens is 322 g/mol. The molecule has 0 radical (unpaired) electrons. The Hall–Kier alpha value is -2.02. The van der Waals surface area contributed by atoms with Crippen molar-refractivity contribution >= 4 is 23.4 Å². The summed E-state index contributed by atoms with van der Waals surface area (Å²) in [6.45, 7) is 8.42. The minimum Gasteiger partial charge on any atom is -0.370 e. The number of nitrogens with one attached hydrogen (secondary N) is 1. The van der Waals surface area contributed by atoms with Crippen LogP contribution in [0, 0.1) is 13.8 Å². The van der Waals surface area contributed by atoms with Crippen molar-refractivity contribution in [3.63, 3.8) is 0 Å². The van der Waals surface area contributed by atoms with Crippen LogP contribution in [0.2, 0.25) is 0 Å². The highest BCUT2D eigenvalue weighted by Crippen LogP contribution is 2.16. The summed E-state index contributed by atoms with van der Waals surface area (Å²) in [6, 6.07) is 8.41. The summed E-state index contributed by atoms with van der Waals surface area (Å²) in [4.78, 5) is 14.2. The number of nitrogens with zero attached hydrogens (tertiary/aromatic N) is 4. The molecule has 0 fully saturated rings. The maximum atomic E-state index is 12.0. The van der Waals surface area contributed by atoms with Gasteiger partial charge in [-0.2, -0.15) is 0 Å². The number of likely N-dealkylation sites (N-methyl/N-ethyl adjacent to an activating group) is 1. The first-order valence-corrected chi connectivity index (χ1v) is 9.07. The molecule has 0 saturated heterocycles. The third-order valence-corrected chi connectivity index (χ3v) is 4.86. The second-order valence-electron chi connectivity index (χ2n) is 5.65. The van der Waals surface area contributed by atoms with Gasteiger partial charge in [-0.3, -0.25) is 4.79 Å². The van der Waals surface area contributed by atoms with E-state index in [9.17, 15) is 4.79 Å². The van der Waals surface area contributed by atoms with Gasteiger partial charge in [0.2, 0.25) is 5.91 Å².